The summed E-state index contributed by atoms with van der Waals surface area (Å²) >= 11 is 0. The summed E-state index contributed by atoms with van der Waals surface area (Å²) < 4.78 is 0. The Balaban J connectivity index is 2.50. The first-order valence-electron chi connectivity index (χ1n) is 4.26. The summed E-state index contributed by atoms with van der Waals surface area (Å²) in [7, 11) is 0. The fourth-order valence-corrected chi connectivity index (χ4v) is 1.29. The number of hydrogen-bond donors (Lipinski definition) is 2. The predicted molar refractivity (Wildman–Crippen MR) is 55.8 cm³/mol. The van der Waals surface area contributed by atoms with Crippen molar-refractivity contribution in [1.82, 2.24) is 4.98 Å². The third kappa shape index (κ3) is 1.52. The van der Waals surface area contributed by atoms with Gasteiger partial charge in [0, 0.05) is 23.6 Å². The van der Waals surface area contributed by atoms with E-state index in [1.807, 2.05) is 12.1 Å². The highest BCUT2D eigenvalue weighted by Gasteiger charge is 2.01. The van der Waals surface area contributed by atoms with Crippen molar-refractivity contribution in [2.45, 2.75) is 0 Å². The highest BCUT2D eigenvalue weighted by atomic mass is 16.3. The fourth-order valence-electron chi connectivity index (χ4n) is 1.29. The zero-order valence-electron chi connectivity index (χ0n) is 7.51. The molecule has 1 aromatic heterocycles. The quantitative estimate of drug-likeness (QED) is 0.716. The highest BCUT2D eigenvalue weighted by Crippen LogP contribution is 2.25. The molecule has 0 fully saturated rings. The molecule has 70 valence electrons. The summed E-state index contributed by atoms with van der Waals surface area (Å²) in [5.41, 5.74) is 8.31. The number of nitrogens with zero attached hydrogens (tertiary/aromatic N) is 1. The molecule has 1 heterocycles. The molecule has 3 heteroatoms. The molecule has 0 saturated heterocycles. The molecule has 14 heavy (non-hydrogen) atoms. The molecular formula is C11H10N2O. The van der Waals surface area contributed by atoms with Gasteiger partial charge in [-0.3, -0.25) is 4.98 Å². The third-order valence-electron chi connectivity index (χ3n) is 2.03. The Morgan fingerprint density at radius 3 is 2.43 bits per heavy atom. The Morgan fingerprint density at radius 2 is 1.79 bits per heavy atom. The van der Waals surface area contributed by atoms with Gasteiger partial charge in [-0.25, -0.2) is 0 Å². The van der Waals surface area contributed by atoms with Crippen LogP contribution in [0.15, 0.2) is 42.7 Å². The molecular weight excluding hydrogens is 176 g/mol. The highest BCUT2D eigenvalue weighted by molar-refractivity contribution is 5.75. The number of phenolic OH excluding ortho intramolecular Hbond substituents is 1. The van der Waals surface area contributed by atoms with Gasteiger partial charge in [0.15, 0.2) is 0 Å². The average Bonchev–Trinajstić information content (AvgIpc) is 2.20. The summed E-state index contributed by atoms with van der Waals surface area (Å²) in [6.07, 6.45) is 3.36. The zero-order valence-corrected chi connectivity index (χ0v) is 7.51. The van der Waals surface area contributed by atoms with Crippen LogP contribution in [0.1, 0.15) is 0 Å². The number of nitrogen functional groups attached to an aromatic ring is 1. The van der Waals surface area contributed by atoms with E-state index in [1.54, 1.807) is 30.6 Å². The van der Waals surface area contributed by atoms with Gasteiger partial charge in [0.05, 0.1) is 0 Å². The lowest BCUT2D eigenvalue weighted by atomic mass is 10.1. The summed E-state index contributed by atoms with van der Waals surface area (Å²) in [6, 6.07) is 8.62. The molecule has 3 N–H and O–H groups in total. The van der Waals surface area contributed by atoms with Crippen LogP contribution in [-0.4, -0.2) is 10.1 Å². The molecule has 1 aromatic carbocycles. The molecule has 0 spiro atoms. The van der Waals surface area contributed by atoms with Crippen LogP contribution in [0.2, 0.25) is 0 Å². The Bertz CT molecular complexity index is 437. The number of phenols is 1. The van der Waals surface area contributed by atoms with E-state index in [4.69, 9.17) is 10.8 Å². The van der Waals surface area contributed by atoms with Gasteiger partial charge < -0.3 is 10.8 Å². The van der Waals surface area contributed by atoms with E-state index >= 15 is 0 Å². The maximum atomic E-state index is 9.13. The molecule has 0 bridgehead atoms. The Morgan fingerprint density at radius 1 is 1.07 bits per heavy atom. The van der Waals surface area contributed by atoms with E-state index < -0.39 is 0 Å². The zero-order chi connectivity index (χ0) is 9.97. The van der Waals surface area contributed by atoms with Crippen LogP contribution in [0, 0.1) is 0 Å². The number of anilines is 1. The maximum absolute atomic E-state index is 9.13. The Labute approximate surface area is 81.8 Å². The van der Waals surface area contributed by atoms with Gasteiger partial charge in [-0.2, -0.15) is 0 Å². The van der Waals surface area contributed by atoms with Gasteiger partial charge in [0.1, 0.15) is 5.75 Å². The molecule has 0 radical (unpaired) electrons. The Kier molecular flexibility index (Phi) is 2.07. The minimum Gasteiger partial charge on any atom is -0.508 e. The van der Waals surface area contributed by atoms with Crippen molar-refractivity contribution in [3.63, 3.8) is 0 Å². The van der Waals surface area contributed by atoms with Crippen LogP contribution in [0.25, 0.3) is 11.1 Å². The second-order valence-corrected chi connectivity index (χ2v) is 3.01. The van der Waals surface area contributed by atoms with Crippen molar-refractivity contribution in [1.29, 1.82) is 0 Å². The molecule has 0 aliphatic heterocycles. The second-order valence-electron chi connectivity index (χ2n) is 3.01. The van der Waals surface area contributed by atoms with Crippen LogP contribution < -0.4 is 5.73 Å². The normalized spacial score (nSPS) is 10.0. The number of nitrogens with two attached hydrogens (primary N) is 1. The SMILES string of the molecule is Nc1ccncc1-c1ccc(O)cc1. The minimum atomic E-state index is 0.246. The molecule has 2 aromatic rings. The molecule has 0 saturated carbocycles. The standard InChI is InChI=1S/C11H10N2O/c12-11-5-6-13-7-10(11)8-1-3-9(14)4-2-8/h1-7,14H,(H2,12,13). The van der Waals surface area contributed by atoms with Gasteiger partial charge in [0.25, 0.3) is 0 Å². The summed E-state index contributed by atoms with van der Waals surface area (Å²) in [5, 5.41) is 9.13. The smallest absolute Gasteiger partial charge is 0.115 e. The van der Waals surface area contributed by atoms with Crippen molar-refractivity contribution < 1.29 is 5.11 Å². The van der Waals surface area contributed by atoms with E-state index in [9.17, 15) is 0 Å². The van der Waals surface area contributed by atoms with E-state index in [0.717, 1.165) is 11.1 Å². The van der Waals surface area contributed by atoms with Crippen LogP contribution in [-0.2, 0) is 0 Å². The molecule has 2 rings (SSSR count). The van der Waals surface area contributed by atoms with Crippen molar-refractivity contribution in [2.24, 2.45) is 0 Å². The Hall–Kier alpha value is -2.03. The molecule has 0 aliphatic rings. The van der Waals surface area contributed by atoms with E-state index in [1.165, 1.54) is 0 Å². The first-order chi connectivity index (χ1) is 6.77. The van der Waals surface area contributed by atoms with Gasteiger partial charge in [0.2, 0.25) is 0 Å². The van der Waals surface area contributed by atoms with Gasteiger partial charge in [-0.05, 0) is 23.8 Å². The van der Waals surface area contributed by atoms with Crippen molar-refractivity contribution >= 4 is 5.69 Å². The van der Waals surface area contributed by atoms with E-state index in [2.05, 4.69) is 4.98 Å². The first-order valence-corrected chi connectivity index (χ1v) is 4.26. The van der Waals surface area contributed by atoms with Gasteiger partial charge in [-0.15, -0.1) is 0 Å². The molecule has 0 aliphatic carbocycles. The predicted octanol–water partition coefficient (Wildman–Crippen LogP) is 2.04. The van der Waals surface area contributed by atoms with Crippen molar-refractivity contribution in [2.75, 3.05) is 5.73 Å². The minimum absolute atomic E-state index is 0.246. The lowest BCUT2D eigenvalue weighted by molar-refractivity contribution is 0.475. The second kappa shape index (κ2) is 3.38. The number of pyridine rings is 1. The summed E-state index contributed by atoms with van der Waals surface area (Å²) in [5.74, 6) is 0.246. The van der Waals surface area contributed by atoms with Gasteiger partial charge >= 0.3 is 0 Å². The largest absolute Gasteiger partial charge is 0.508 e. The number of hydrogen-bond acceptors (Lipinski definition) is 3. The van der Waals surface area contributed by atoms with Crippen molar-refractivity contribution in [3.8, 4) is 16.9 Å². The summed E-state index contributed by atoms with van der Waals surface area (Å²) in [4.78, 5) is 4.00. The number of aromatic nitrogens is 1. The molecule has 3 nitrogen and oxygen atoms in total. The average molecular weight is 186 g/mol. The van der Waals surface area contributed by atoms with Crippen LogP contribution >= 0.6 is 0 Å². The molecule has 0 atom stereocenters. The lowest BCUT2D eigenvalue weighted by Crippen LogP contribution is -1.90. The monoisotopic (exact) mass is 186 g/mol. The summed E-state index contributed by atoms with van der Waals surface area (Å²) in [6.45, 7) is 0. The van der Waals surface area contributed by atoms with Gasteiger partial charge in [-0.1, -0.05) is 12.1 Å². The van der Waals surface area contributed by atoms with Crippen LogP contribution in [0.5, 0.6) is 5.75 Å². The third-order valence-corrected chi connectivity index (χ3v) is 2.03. The fraction of sp³-hybridized carbons (Fsp3) is 0. The molecule has 0 amide bonds. The number of rotatable bonds is 1. The molecule has 0 unspecified atom stereocenters. The number of aromatic hydroxyl groups is 1. The first kappa shape index (κ1) is 8.56. The number of benzene rings is 1. The van der Waals surface area contributed by atoms with E-state index in [0.29, 0.717) is 5.69 Å². The lowest BCUT2D eigenvalue weighted by Gasteiger charge is -2.04. The van der Waals surface area contributed by atoms with Crippen LogP contribution in [0.3, 0.4) is 0 Å². The van der Waals surface area contributed by atoms with E-state index in [-0.39, 0.29) is 5.75 Å². The topological polar surface area (TPSA) is 59.1 Å². The van der Waals surface area contributed by atoms with Crippen LogP contribution in [0.4, 0.5) is 5.69 Å². The maximum Gasteiger partial charge on any atom is 0.115 e. The van der Waals surface area contributed by atoms with Crippen molar-refractivity contribution in [3.05, 3.63) is 42.7 Å².